The van der Waals surface area contributed by atoms with E-state index in [0.29, 0.717) is 23.6 Å². The highest BCUT2D eigenvalue weighted by Gasteiger charge is 2.37. The second kappa shape index (κ2) is 6.81. The topological polar surface area (TPSA) is 99.7 Å². The fourth-order valence-corrected chi connectivity index (χ4v) is 3.49. The summed E-state index contributed by atoms with van der Waals surface area (Å²) in [6.45, 7) is 4.24. The molecule has 2 aliphatic rings. The zero-order chi connectivity index (χ0) is 20.0. The van der Waals surface area contributed by atoms with Crippen LogP contribution in [0.5, 0.6) is 5.75 Å². The van der Waals surface area contributed by atoms with Crippen LogP contribution >= 0.6 is 0 Å². The highest BCUT2D eigenvalue weighted by Crippen LogP contribution is 2.37. The van der Waals surface area contributed by atoms with E-state index in [-0.39, 0.29) is 43.4 Å². The minimum Gasteiger partial charge on any atom is -0.491 e. The molecule has 4 rings (SSSR count). The van der Waals surface area contributed by atoms with Crippen molar-refractivity contribution < 1.29 is 23.5 Å². The molecule has 2 atom stereocenters. The Hall–Kier alpha value is -3.10. The molecule has 2 aromatic rings. The van der Waals surface area contributed by atoms with Crippen LogP contribution in [0.1, 0.15) is 19.4 Å². The maximum atomic E-state index is 15.1. The highest BCUT2D eigenvalue weighted by molar-refractivity contribution is 5.89. The number of amides is 2. The zero-order valence-corrected chi connectivity index (χ0v) is 15.6. The first-order chi connectivity index (χ1) is 13.4. The smallest absolute Gasteiger partial charge is 0.416 e. The molecule has 2 N–H and O–H groups in total. The number of benzene rings is 1. The van der Waals surface area contributed by atoms with Gasteiger partial charge in [-0.25, -0.2) is 9.78 Å². The van der Waals surface area contributed by atoms with Crippen LogP contribution in [0.3, 0.4) is 0 Å². The number of fused-ring (bicyclic) bond motifs is 3. The third kappa shape index (κ3) is 2.96. The SMILES string of the molecule is C[C@H](Cc1ccc2c(c1)OCCn1c-2nc(N2C(=O)OC[C@H]2C)c1F)C(N)=O. The Labute approximate surface area is 161 Å². The van der Waals surface area contributed by atoms with E-state index in [1.165, 1.54) is 9.47 Å². The molecule has 28 heavy (non-hydrogen) atoms. The van der Waals surface area contributed by atoms with E-state index in [2.05, 4.69) is 4.98 Å². The van der Waals surface area contributed by atoms with Crippen molar-refractivity contribution in [3.63, 3.8) is 0 Å². The molecule has 1 aromatic carbocycles. The molecule has 1 aromatic heterocycles. The number of ether oxygens (including phenoxy) is 2. The number of hydrogen-bond donors (Lipinski definition) is 1. The molecule has 2 amide bonds. The van der Waals surface area contributed by atoms with E-state index >= 15 is 4.39 Å². The van der Waals surface area contributed by atoms with Crippen molar-refractivity contribution in [3.05, 3.63) is 29.7 Å². The molecule has 0 unspecified atom stereocenters. The van der Waals surface area contributed by atoms with Crippen molar-refractivity contribution in [2.75, 3.05) is 18.1 Å². The summed E-state index contributed by atoms with van der Waals surface area (Å²) in [5, 5.41) is 0. The van der Waals surface area contributed by atoms with Crippen LogP contribution in [0, 0.1) is 11.9 Å². The lowest BCUT2D eigenvalue weighted by Gasteiger charge is -2.15. The number of carbonyl (C=O) groups excluding carboxylic acids is 2. The van der Waals surface area contributed by atoms with E-state index in [1.54, 1.807) is 19.9 Å². The van der Waals surface area contributed by atoms with Gasteiger partial charge in [0, 0.05) is 5.92 Å². The molecular weight excluding hydrogens is 367 g/mol. The van der Waals surface area contributed by atoms with Gasteiger partial charge in [-0.1, -0.05) is 13.0 Å². The van der Waals surface area contributed by atoms with Crippen molar-refractivity contribution in [3.8, 4) is 17.1 Å². The number of anilines is 1. The third-order valence-corrected chi connectivity index (χ3v) is 5.09. The van der Waals surface area contributed by atoms with Gasteiger partial charge in [-0.3, -0.25) is 14.3 Å². The van der Waals surface area contributed by atoms with E-state index in [9.17, 15) is 9.59 Å². The van der Waals surface area contributed by atoms with Crippen molar-refractivity contribution in [2.45, 2.75) is 32.9 Å². The lowest BCUT2D eigenvalue weighted by Crippen LogP contribution is -2.32. The fourth-order valence-electron chi connectivity index (χ4n) is 3.49. The molecule has 1 saturated heterocycles. The number of nitrogens with two attached hydrogens (primary N) is 1. The summed E-state index contributed by atoms with van der Waals surface area (Å²) in [6.07, 6.45) is -0.121. The summed E-state index contributed by atoms with van der Waals surface area (Å²) in [4.78, 5) is 29.0. The van der Waals surface area contributed by atoms with Crippen LogP contribution < -0.4 is 15.4 Å². The van der Waals surface area contributed by atoms with Gasteiger partial charge in [-0.2, -0.15) is 4.39 Å². The molecule has 9 heteroatoms. The first kappa shape index (κ1) is 18.3. The average molecular weight is 388 g/mol. The molecule has 3 heterocycles. The molecule has 0 radical (unpaired) electrons. The lowest BCUT2D eigenvalue weighted by atomic mass is 9.99. The first-order valence-electron chi connectivity index (χ1n) is 9.14. The van der Waals surface area contributed by atoms with Gasteiger partial charge in [0.1, 0.15) is 24.8 Å². The number of imidazole rings is 1. The molecular formula is C19H21FN4O4. The minimum atomic E-state index is -0.605. The monoisotopic (exact) mass is 388 g/mol. The Balaban J connectivity index is 1.74. The maximum absolute atomic E-state index is 15.1. The number of halogens is 1. The van der Waals surface area contributed by atoms with Crippen molar-refractivity contribution in [2.24, 2.45) is 11.7 Å². The first-order valence-corrected chi connectivity index (χ1v) is 9.14. The quantitative estimate of drug-likeness (QED) is 0.865. The van der Waals surface area contributed by atoms with E-state index in [1.807, 2.05) is 12.1 Å². The summed E-state index contributed by atoms with van der Waals surface area (Å²) in [6, 6.07) is 5.16. The van der Waals surface area contributed by atoms with Gasteiger partial charge in [-0.15, -0.1) is 0 Å². The molecule has 0 aliphatic carbocycles. The summed E-state index contributed by atoms with van der Waals surface area (Å²) >= 11 is 0. The second-order valence-electron chi connectivity index (χ2n) is 7.18. The Morgan fingerprint density at radius 2 is 2.21 bits per heavy atom. The third-order valence-electron chi connectivity index (χ3n) is 5.09. The predicted octanol–water partition coefficient (Wildman–Crippen LogP) is 2.09. The van der Waals surface area contributed by atoms with Gasteiger partial charge in [0.2, 0.25) is 11.9 Å². The van der Waals surface area contributed by atoms with Gasteiger partial charge >= 0.3 is 6.09 Å². The largest absolute Gasteiger partial charge is 0.491 e. The Morgan fingerprint density at radius 3 is 2.89 bits per heavy atom. The van der Waals surface area contributed by atoms with Crippen LogP contribution in [0.15, 0.2) is 18.2 Å². The zero-order valence-electron chi connectivity index (χ0n) is 15.6. The van der Waals surface area contributed by atoms with Crippen LogP contribution in [0.25, 0.3) is 11.4 Å². The van der Waals surface area contributed by atoms with Crippen molar-refractivity contribution in [1.82, 2.24) is 9.55 Å². The maximum Gasteiger partial charge on any atom is 0.416 e. The highest BCUT2D eigenvalue weighted by atomic mass is 19.1. The van der Waals surface area contributed by atoms with Gasteiger partial charge in [0.15, 0.2) is 5.82 Å². The minimum absolute atomic E-state index is 0.0377. The van der Waals surface area contributed by atoms with Crippen molar-refractivity contribution >= 4 is 17.8 Å². The average Bonchev–Trinajstić information content (AvgIpc) is 3.07. The van der Waals surface area contributed by atoms with E-state index < -0.39 is 12.0 Å². The number of rotatable bonds is 4. The van der Waals surface area contributed by atoms with Gasteiger partial charge in [-0.05, 0) is 31.0 Å². The number of carbonyl (C=O) groups is 2. The summed E-state index contributed by atoms with van der Waals surface area (Å²) in [5.41, 5.74) is 6.86. The Kier molecular flexibility index (Phi) is 4.44. The lowest BCUT2D eigenvalue weighted by molar-refractivity contribution is -0.121. The normalized spacial score (nSPS) is 19.3. The molecule has 0 bridgehead atoms. The molecule has 148 valence electrons. The van der Waals surface area contributed by atoms with Crippen LogP contribution in [-0.4, -0.2) is 40.8 Å². The van der Waals surface area contributed by atoms with E-state index in [4.69, 9.17) is 15.2 Å². The fraction of sp³-hybridized carbons (Fsp3) is 0.421. The molecule has 0 spiro atoms. The second-order valence-corrected chi connectivity index (χ2v) is 7.18. The van der Waals surface area contributed by atoms with Gasteiger partial charge < -0.3 is 15.2 Å². The van der Waals surface area contributed by atoms with Crippen LogP contribution in [0.4, 0.5) is 15.0 Å². The number of aromatic nitrogens is 2. The van der Waals surface area contributed by atoms with E-state index in [0.717, 1.165) is 5.56 Å². The number of nitrogens with zero attached hydrogens (tertiary/aromatic N) is 3. The number of cyclic esters (lactones) is 1. The summed E-state index contributed by atoms with van der Waals surface area (Å²) in [7, 11) is 0. The summed E-state index contributed by atoms with van der Waals surface area (Å²) < 4.78 is 27.3. The summed E-state index contributed by atoms with van der Waals surface area (Å²) in [5.74, 6) is -0.363. The molecule has 2 aliphatic heterocycles. The molecule has 8 nitrogen and oxygen atoms in total. The molecule has 0 saturated carbocycles. The van der Waals surface area contributed by atoms with Crippen LogP contribution in [-0.2, 0) is 22.5 Å². The number of primary amides is 1. The Morgan fingerprint density at radius 1 is 1.43 bits per heavy atom. The number of hydrogen-bond acceptors (Lipinski definition) is 5. The molecule has 1 fully saturated rings. The predicted molar refractivity (Wildman–Crippen MR) is 98.5 cm³/mol. The van der Waals surface area contributed by atoms with Crippen LogP contribution in [0.2, 0.25) is 0 Å². The van der Waals surface area contributed by atoms with Gasteiger partial charge in [0.25, 0.3) is 0 Å². The Bertz CT molecular complexity index is 958. The van der Waals surface area contributed by atoms with Crippen molar-refractivity contribution in [1.29, 1.82) is 0 Å². The standard InChI is InChI=1S/C19H21FN4O4/c1-10(16(21)25)7-12-3-4-13-14(8-12)27-6-5-23-15(20)18(22-17(13)23)24-11(2)9-28-19(24)26/h3-4,8,10-11H,5-7,9H2,1-2H3,(H2,21,25)/t10-,11-/m1/s1. The van der Waals surface area contributed by atoms with Gasteiger partial charge in [0.05, 0.1) is 18.2 Å².